The van der Waals surface area contributed by atoms with E-state index in [-0.39, 0.29) is 11.5 Å². The van der Waals surface area contributed by atoms with Crippen LogP contribution in [0, 0.1) is 28.6 Å². The monoisotopic (exact) mass is 451 g/mol. The average molecular weight is 452 g/mol. The zero-order valence-electron chi connectivity index (χ0n) is 17.5. The van der Waals surface area contributed by atoms with Gasteiger partial charge in [0.25, 0.3) is 0 Å². The van der Waals surface area contributed by atoms with Crippen LogP contribution in [0.15, 0.2) is 59.0 Å². The molecule has 0 saturated carbocycles. The van der Waals surface area contributed by atoms with Crippen LogP contribution >= 0.6 is 23.4 Å². The minimum atomic E-state index is -0.667. The van der Waals surface area contributed by atoms with Crippen molar-refractivity contribution >= 4 is 35.0 Å². The molecule has 0 saturated heterocycles. The predicted octanol–water partition coefficient (Wildman–Crippen LogP) is 6.13. The number of hydrogen-bond donors (Lipinski definition) is 1. The van der Waals surface area contributed by atoms with Crippen LogP contribution in [-0.4, -0.2) is 17.4 Å². The lowest BCUT2D eigenvalue weighted by Crippen LogP contribution is -2.39. The van der Waals surface area contributed by atoms with Crippen LogP contribution < -0.4 is 5.32 Å². The van der Waals surface area contributed by atoms with E-state index < -0.39 is 17.7 Å². The van der Waals surface area contributed by atoms with Gasteiger partial charge in [-0.1, -0.05) is 41.9 Å². The van der Waals surface area contributed by atoms with Gasteiger partial charge in [-0.3, -0.25) is 0 Å². The third kappa shape index (κ3) is 5.41. The Kier molecular flexibility index (Phi) is 6.95. The summed E-state index contributed by atoms with van der Waals surface area (Å²) in [5.41, 5.74) is 1.60. The van der Waals surface area contributed by atoms with E-state index in [9.17, 15) is 15.3 Å². The molecule has 31 heavy (non-hydrogen) atoms. The molecule has 3 rings (SSSR count). The SMILES string of the molecule is CC(C)(C)OC(=O)N[C@@H](c1cccc(Cl)c1)[C@@H]1CSc2ccccc2C1=C(C#N)C#N. The van der Waals surface area contributed by atoms with Crippen molar-refractivity contribution in [2.75, 3.05) is 5.75 Å². The van der Waals surface area contributed by atoms with Crippen molar-refractivity contribution in [2.24, 2.45) is 5.92 Å². The van der Waals surface area contributed by atoms with Gasteiger partial charge >= 0.3 is 6.09 Å². The van der Waals surface area contributed by atoms with Gasteiger partial charge < -0.3 is 10.1 Å². The Labute approximate surface area is 191 Å². The molecule has 1 heterocycles. The van der Waals surface area contributed by atoms with Crippen molar-refractivity contribution in [3.63, 3.8) is 0 Å². The summed E-state index contributed by atoms with van der Waals surface area (Å²) in [6.45, 7) is 5.38. The molecule has 2 aromatic carbocycles. The van der Waals surface area contributed by atoms with E-state index in [0.717, 1.165) is 16.0 Å². The number of halogens is 1. The van der Waals surface area contributed by atoms with E-state index in [4.69, 9.17) is 16.3 Å². The van der Waals surface area contributed by atoms with Crippen molar-refractivity contribution in [1.82, 2.24) is 5.32 Å². The second-order valence-electron chi connectivity index (χ2n) is 8.10. The Morgan fingerprint density at radius 1 is 1.19 bits per heavy atom. The highest BCUT2D eigenvalue weighted by atomic mass is 35.5. The number of hydrogen-bond acceptors (Lipinski definition) is 5. The summed E-state index contributed by atoms with van der Waals surface area (Å²) in [6.07, 6.45) is -0.573. The summed E-state index contributed by atoms with van der Waals surface area (Å²) >= 11 is 7.87. The summed E-state index contributed by atoms with van der Waals surface area (Å²) in [7, 11) is 0. The van der Waals surface area contributed by atoms with Gasteiger partial charge in [0.2, 0.25) is 0 Å². The molecule has 1 N–H and O–H groups in total. The van der Waals surface area contributed by atoms with Gasteiger partial charge in [0, 0.05) is 21.6 Å². The molecule has 0 radical (unpaired) electrons. The Hall–Kier alpha value is -2.93. The normalized spacial score (nSPS) is 16.3. The van der Waals surface area contributed by atoms with Gasteiger partial charge in [-0.25, -0.2) is 4.79 Å². The van der Waals surface area contributed by atoms with Gasteiger partial charge in [-0.15, -0.1) is 11.8 Å². The Balaban J connectivity index is 2.13. The van der Waals surface area contributed by atoms with Crippen molar-refractivity contribution in [2.45, 2.75) is 37.3 Å². The maximum absolute atomic E-state index is 12.7. The van der Waals surface area contributed by atoms with Crippen LogP contribution in [0.2, 0.25) is 5.02 Å². The average Bonchev–Trinajstić information content (AvgIpc) is 2.72. The first-order valence-electron chi connectivity index (χ1n) is 9.75. The molecule has 0 aromatic heterocycles. The van der Waals surface area contributed by atoms with Gasteiger partial charge in [0.05, 0.1) is 6.04 Å². The molecule has 0 fully saturated rings. The van der Waals surface area contributed by atoms with Crippen molar-refractivity contribution in [3.8, 4) is 12.1 Å². The van der Waals surface area contributed by atoms with E-state index in [1.54, 1.807) is 44.7 Å². The van der Waals surface area contributed by atoms with Crippen LogP contribution in [0.25, 0.3) is 5.57 Å². The molecule has 0 unspecified atom stereocenters. The third-order valence-corrected chi connectivity index (χ3v) is 6.17. The molecule has 0 aliphatic carbocycles. The van der Waals surface area contributed by atoms with E-state index in [0.29, 0.717) is 16.3 Å². The van der Waals surface area contributed by atoms with E-state index in [1.807, 2.05) is 48.5 Å². The first-order chi connectivity index (χ1) is 14.7. The van der Waals surface area contributed by atoms with Crippen molar-refractivity contribution < 1.29 is 9.53 Å². The molecule has 0 bridgehead atoms. The number of amides is 1. The largest absolute Gasteiger partial charge is 0.444 e. The molecule has 7 heteroatoms. The zero-order chi connectivity index (χ0) is 22.6. The van der Waals surface area contributed by atoms with Gasteiger partial charge in [0.15, 0.2) is 0 Å². The number of rotatable bonds is 3. The van der Waals surface area contributed by atoms with Crippen LogP contribution in [0.3, 0.4) is 0 Å². The van der Waals surface area contributed by atoms with Gasteiger partial charge in [0.1, 0.15) is 23.3 Å². The van der Waals surface area contributed by atoms with Crippen molar-refractivity contribution in [3.05, 3.63) is 70.3 Å². The molecule has 2 atom stereocenters. The summed E-state index contributed by atoms with van der Waals surface area (Å²) in [6, 6.07) is 18.4. The number of alkyl carbamates (subject to hydrolysis) is 1. The number of nitriles is 2. The first-order valence-corrected chi connectivity index (χ1v) is 11.1. The van der Waals surface area contributed by atoms with Crippen molar-refractivity contribution in [1.29, 1.82) is 10.5 Å². The summed E-state index contributed by atoms with van der Waals surface area (Å²) in [4.78, 5) is 13.7. The number of nitrogens with one attached hydrogen (secondary N) is 1. The molecule has 1 amide bonds. The first kappa shape index (κ1) is 22.7. The van der Waals surface area contributed by atoms with Crippen LogP contribution in [-0.2, 0) is 4.74 Å². The minimum absolute atomic E-state index is 0.0377. The molecule has 1 aliphatic rings. The fourth-order valence-electron chi connectivity index (χ4n) is 3.56. The maximum atomic E-state index is 12.7. The fourth-order valence-corrected chi connectivity index (χ4v) is 4.98. The molecule has 158 valence electrons. The molecule has 0 spiro atoms. The van der Waals surface area contributed by atoms with E-state index in [2.05, 4.69) is 5.32 Å². The third-order valence-electron chi connectivity index (χ3n) is 4.74. The summed E-state index contributed by atoms with van der Waals surface area (Å²) in [5, 5.41) is 22.9. The summed E-state index contributed by atoms with van der Waals surface area (Å²) < 4.78 is 5.49. The minimum Gasteiger partial charge on any atom is -0.444 e. The number of allylic oxidation sites excluding steroid dienone is 1. The number of ether oxygens (including phenoxy) is 1. The highest BCUT2D eigenvalue weighted by molar-refractivity contribution is 7.99. The Bertz CT molecular complexity index is 1090. The lowest BCUT2D eigenvalue weighted by atomic mass is 9.82. The lowest BCUT2D eigenvalue weighted by Gasteiger charge is -2.35. The van der Waals surface area contributed by atoms with Crippen LogP contribution in [0.5, 0.6) is 0 Å². The Morgan fingerprint density at radius 2 is 1.90 bits per heavy atom. The molecular formula is C24H22ClN3O2S. The highest BCUT2D eigenvalue weighted by Crippen LogP contribution is 2.46. The van der Waals surface area contributed by atoms with Gasteiger partial charge in [-0.05, 0) is 55.7 Å². The van der Waals surface area contributed by atoms with Crippen LogP contribution in [0.1, 0.15) is 37.9 Å². The zero-order valence-corrected chi connectivity index (χ0v) is 19.1. The quantitative estimate of drug-likeness (QED) is 0.567. The number of carbonyl (C=O) groups is 1. The molecule has 1 aliphatic heterocycles. The maximum Gasteiger partial charge on any atom is 0.408 e. The standard InChI is InChI=1S/C24H22ClN3O2S/c1-24(2,3)30-23(29)28-22(15-7-6-8-17(25)11-15)19-14-31-20-10-5-4-9-18(20)21(19)16(12-26)13-27/h4-11,19,22H,14H2,1-3H3,(H,28,29)/t19-,22+/m1/s1. The number of benzene rings is 2. The number of thioether (sulfide) groups is 1. The second kappa shape index (κ2) is 9.47. The fraction of sp³-hybridized carbons (Fsp3) is 0.292. The number of fused-ring (bicyclic) bond motifs is 1. The van der Waals surface area contributed by atoms with E-state index >= 15 is 0 Å². The smallest absolute Gasteiger partial charge is 0.408 e. The summed E-state index contributed by atoms with van der Waals surface area (Å²) in [5.74, 6) is 0.242. The Morgan fingerprint density at radius 3 is 2.55 bits per heavy atom. The number of carbonyl (C=O) groups excluding carboxylic acids is 1. The molecule has 2 aromatic rings. The second-order valence-corrected chi connectivity index (χ2v) is 9.60. The molecule has 5 nitrogen and oxygen atoms in total. The highest BCUT2D eigenvalue weighted by Gasteiger charge is 2.36. The van der Waals surface area contributed by atoms with Gasteiger partial charge in [-0.2, -0.15) is 10.5 Å². The number of nitrogens with zero attached hydrogens (tertiary/aromatic N) is 2. The van der Waals surface area contributed by atoms with E-state index in [1.165, 1.54) is 0 Å². The van der Waals surface area contributed by atoms with Crippen LogP contribution in [0.4, 0.5) is 4.79 Å². The predicted molar refractivity (Wildman–Crippen MR) is 122 cm³/mol. The topological polar surface area (TPSA) is 85.9 Å². The lowest BCUT2D eigenvalue weighted by molar-refractivity contribution is 0.0495. The molecular weight excluding hydrogens is 430 g/mol.